The molecular weight excluding hydrogens is 236 g/mol. The predicted molar refractivity (Wildman–Crippen MR) is 79.5 cm³/mol. The van der Waals surface area contributed by atoms with Gasteiger partial charge in [0.15, 0.2) is 0 Å². The van der Waals surface area contributed by atoms with Gasteiger partial charge in [-0.05, 0) is 64.3 Å². The molecule has 2 atom stereocenters. The van der Waals surface area contributed by atoms with Gasteiger partial charge in [0.1, 0.15) is 0 Å². The molecule has 3 aliphatic rings. The Hall–Kier alpha value is -0.160. The van der Waals surface area contributed by atoms with Crippen LogP contribution in [0.15, 0.2) is 0 Å². The van der Waals surface area contributed by atoms with Crippen molar-refractivity contribution in [1.29, 1.82) is 0 Å². The molecule has 3 saturated heterocycles. The lowest BCUT2D eigenvalue weighted by atomic mass is 9.90. The van der Waals surface area contributed by atoms with E-state index in [9.17, 15) is 0 Å². The minimum atomic E-state index is 0.772. The van der Waals surface area contributed by atoms with Gasteiger partial charge in [-0.1, -0.05) is 0 Å². The summed E-state index contributed by atoms with van der Waals surface area (Å²) in [6, 6.07) is 0.772. The van der Waals surface area contributed by atoms with Crippen LogP contribution in [0, 0.1) is 5.92 Å². The summed E-state index contributed by atoms with van der Waals surface area (Å²) in [5, 5.41) is 7.16. The molecule has 19 heavy (non-hydrogen) atoms. The maximum Gasteiger partial charge on any atom is 0.0262 e. The summed E-state index contributed by atoms with van der Waals surface area (Å²) in [4.78, 5) is 5.46. The zero-order valence-electron chi connectivity index (χ0n) is 12.2. The van der Waals surface area contributed by atoms with Gasteiger partial charge in [0.2, 0.25) is 0 Å². The molecule has 0 spiro atoms. The molecule has 0 bridgehead atoms. The lowest BCUT2D eigenvalue weighted by Crippen LogP contribution is -2.54. The number of nitrogens with one attached hydrogen (secondary N) is 2. The SMILES string of the molecule is C1CCN(CC2CCNCC2N2CCCNCC2)C1. The quantitative estimate of drug-likeness (QED) is 0.772. The van der Waals surface area contributed by atoms with Crippen molar-refractivity contribution in [3.8, 4) is 0 Å². The normalized spacial score (nSPS) is 35.4. The van der Waals surface area contributed by atoms with Gasteiger partial charge in [-0.25, -0.2) is 0 Å². The third kappa shape index (κ3) is 3.69. The summed E-state index contributed by atoms with van der Waals surface area (Å²) < 4.78 is 0. The lowest BCUT2D eigenvalue weighted by molar-refractivity contribution is 0.0969. The fourth-order valence-corrected chi connectivity index (χ4v) is 4.03. The van der Waals surface area contributed by atoms with Crippen LogP contribution in [-0.2, 0) is 0 Å². The lowest BCUT2D eigenvalue weighted by Gasteiger charge is -2.41. The largest absolute Gasteiger partial charge is 0.315 e. The van der Waals surface area contributed by atoms with Crippen LogP contribution in [-0.4, -0.2) is 74.7 Å². The Morgan fingerprint density at radius 1 is 0.842 bits per heavy atom. The van der Waals surface area contributed by atoms with Crippen LogP contribution < -0.4 is 10.6 Å². The fourth-order valence-electron chi connectivity index (χ4n) is 4.03. The molecule has 3 heterocycles. The maximum atomic E-state index is 3.63. The van der Waals surface area contributed by atoms with E-state index >= 15 is 0 Å². The third-order valence-electron chi connectivity index (χ3n) is 5.12. The Balaban J connectivity index is 1.58. The topological polar surface area (TPSA) is 30.5 Å². The Bertz CT molecular complexity index is 257. The van der Waals surface area contributed by atoms with Crippen LogP contribution in [0.2, 0.25) is 0 Å². The van der Waals surface area contributed by atoms with Crippen molar-refractivity contribution < 1.29 is 0 Å². The van der Waals surface area contributed by atoms with Crippen LogP contribution in [0.4, 0.5) is 0 Å². The highest BCUT2D eigenvalue weighted by Gasteiger charge is 2.31. The Kier molecular flexibility index (Phi) is 5.10. The summed E-state index contributed by atoms with van der Waals surface area (Å²) in [7, 11) is 0. The van der Waals surface area contributed by atoms with Crippen molar-refractivity contribution in [1.82, 2.24) is 20.4 Å². The molecule has 2 N–H and O–H groups in total. The van der Waals surface area contributed by atoms with Gasteiger partial charge >= 0.3 is 0 Å². The molecule has 3 fully saturated rings. The summed E-state index contributed by atoms with van der Waals surface area (Å²) in [5.74, 6) is 0.887. The van der Waals surface area contributed by atoms with Gasteiger partial charge < -0.3 is 15.5 Å². The van der Waals surface area contributed by atoms with E-state index in [-0.39, 0.29) is 0 Å². The fraction of sp³-hybridized carbons (Fsp3) is 1.00. The zero-order chi connectivity index (χ0) is 12.9. The van der Waals surface area contributed by atoms with Gasteiger partial charge in [0.05, 0.1) is 0 Å². The highest BCUT2D eigenvalue weighted by molar-refractivity contribution is 4.89. The van der Waals surface area contributed by atoms with Crippen molar-refractivity contribution in [2.75, 3.05) is 58.9 Å². The van der Waals surface area contributed by atoms with E-state index in [1.54, 1.807) is 0 Å². The van der Waals surface area contributed by atoms with Crippen LogP contribution in [0.1, 0.15) is 25.7 Å². The van der Waals surface area contributed by atoms with Crippen molar-refractivity contribution >= 4 is 0 Å². The Morgan fingerprint density at radius 3 is 2.63 bits per heavy atom. The van der Waals surface area contributed by atoms with E-state index in [0.29, 0.717) is 0 Å². The van der Waals surface area contributed by atoms with E-state index in [1.165, 1.54) is 84.6 Å². The van der Waals surface area contributed by atoms with Crippen molar-refractivity contribution in [2.45, 2.75) is 31.7 Å². The molecular formula is C15H30N4. The summed E-state index contributed by atoms with van der Waals surface area (Å²) >= 11 is 0. The van der Waals surface area contributed by atoms with Gasteiger partial charge in [-0.15, -0.1) is 0 Å². The zero-order valence-corrected chi connectivity index (χ0v) is 12.2. The number of likely N-dealkylation sites (tertiary alicyclic amines) is 1. The summed E-state index contributed by atoms with van der Waals surface area (Å²) in [6.45, 7) is 11.4. The highest BCUT2D eigenvalue weighted by Crippen LogP contribution is 2.22. The average molecular weight is 266 g/mol. The minimum absolute atomic E-state index is 0.772. The first-order valence-electron chi connectivity index (χ1n) is 8.31. The van der Waals surface area contributed by atoms with E-state index < -0.39 is 0 Å². The Labute approximate surface area is 117 Å². The molecule has 4 nitrogen and oxygen atoms in total. The first kappa shape index (κ1) is 13.8. The number of rotatable bonds is 3. The van der Waals surface area contributed by atoms with Gasteiger partial charge in [-0.3, -0.25) is 4.90 Å². The molecule has 0 aromatic carbocycles. The predicted octanol–water partition coefficient (Wildman–Crippen LogP) is 0.356. The monoisotopic (exact) mass is 266 g/mol. The molecule has 0 amide bonds. The van der Waals surface area contributed by atoms with E-state index in [0.717, 1.165) is 12.0 Å². The first-order valence-corrected chi connectivity index (χ1v) is 8.31. The first-order chi connectivity index (χ1) is 9.43. The molecule has 0 saturated carbocycles. The van der Waals surface area contributed by atoms with Crippen LogP contribution in [0.25, 0.3) is 0 Å². The molecule has 110 valence electrons. The van der Waals surface area contributed by atoms with Crippen LogP contribution >= 0.6 is 0 Å². The number of nitrogens with zero attached hydrogens (tertiary/aromatic N) is 2. The molecule has 3 rings (SSSR count). The second-order valence-electron chi connectivity index (χ2n) is 6.47. The standard InChI is InChI=1S/C15H30N4/c1-2-9-18(8-1)13-14-4-6-17-12-15(14)19-10-3-5-16-7-11-19/h14-17H,1-13H2. The molecule has 0 aliphatic carbocycles. The number of piperidine rings is 1. The molecule has 0 aromatic heterocycles. The van der Waals surface area contributed by atoms with Crippen molar-refractivity contribution in [2.24, 2.45) is 5.92 Å². The van der Waals surface area contributed by atoms with Gasteiger partial charge in [0, 0.05) is 32.2 Å². The maximum absolute atomic E-state index is 3.63. The van der Waals surface area contributed by atoms with E-state index in [1.807, 2.05) is 0 Å². The van der Waals surface area contributed by atoms with Crippen molar-refractivity contribution in [3.63, 3.8) is 0 Å². The molecule has 2 unspecified atom stereocenters. The average Bonchev–Trinajstić information content (AvgIpc) is 2.80. The van der Waals surface area contributed by atoms with E-state index in [4.69, 9.17) is 0 Å². The number of hydrogen-bond acceptors (Lipinski definition) is 4. The number of hydrogen-bond donors (Lipinski definition) is 2. The minimum Gasteiger partial charge on any atom is -0.315 e. The van der Waals surface area contributed by atoms with Crippen LogP contribution in [0.3, 0.4) is 0 Å². The second kappa shape index (κ2) is 7.02. The third-order valence-corrected chi connectivity index (χ3v) is 5.12. The van der Waals surface area contributed by atoms with E-state index in [2.05, 4.69) is 20.4 Å². The van der Waals surface area contributed by atoms with Gasteiger partial charge in [-0.2, -0.15) is 0 Å². The summed E-state index contributed by atoms with van der Waals surface area (Å²) in [5.41, 5.74) is 0. The molecule has 3 aliphatic heterocycles. The molecule has 0 radical (unpaired) electrons. The van der Waals surface area contributed by atoms with Crippen LogP contribution in [0.5, 0.6) is 0 Å². The van der Waals surface area contributed by atoms with Gasteiger partial charge in [0.25, 0.3) is 0 Å². The molecule has 0 aromatic rings. The van der Waals surface area contributed by atoms with Crippen molar-refractivity contribution in [3.05, 3.63) is 0 Å². The summed E-state index contributed by atoms with van der Waals surface area (Å²) in [6.07, 6.45) is 5.52. The highest BCUT2D eigenvalue weighted by atomic mass is 15.2. The second-order valence-corrected chi connectivity index (χ2v) is 6.47. The Morgan fingerprint density at radius 2 is 1.74 bits per heavy atom. The molecule has 4 heteroatoms. The smallest absolute Gasteiger partial charge is 0.0262 e.